The van der Waals surface area contributed by atoms with Crippen molar-refractivity contribution in [1.82, 2.24) is 15.0 Å². The Morgan fingerprint density at radius 3 is 2.03 bits per heavy atom. The number of hydrogen-bond acceptors (Lipinski definition) is 5. The third kappa shape index (κ3) is 7.97. The van der Waals surface area contributed by atoms with Crippen molar-refractivity contribution in [2.75, 3.05) is 22.9 Å². The molecule has 0 spiro atoms. The number of aromatic nitrogens is 3. The summed E-state index contributed by atoms with van der Waals surface area (Å²) in [6.07, 6.45) is -2.37. The normalized spacial score (nSPS) is 14.0. The second-order valence-corrected chi connectivity index (χ2v) is 10.8. The van der Waals surface area contributed by atoms with Gasteiger partial charge in [0.15, 0.2) is 0 Å². The maximum atomic E-state index is 13.5. The smallest absolute Gasteiger partial charge is 0.356 e. The average Bonchev–Trinajstić information content (AvgIpc) is 3.67. The SMILES string of the molecule is CCCN(CC1CC1)c1ncc(Cl)cc1CN(Cc1cc(C(F)(F)F)cc(C(F)(F)F)c1)c1ncc(Br)cn1. The van der Waals surface area contributed by atoms with Gasteiger partial charge in [-0.1, -0.05) is 18.5 Å². The molecule has 3 aromatic rings. The Balaban J connectivity index is 1.76. The Morgan fingerprint density at radius 2 is 1.49 bits per heavy atom. The second-order valence-electron chi connectivity index (χ2n) is 9.50. The minimum Gasteiger partial charge on any atom is -0.356 e. The molecule has 0 aliphatic heterocycles. The van der Waals surface area contributed by atoms with Gasteiger partial charge in [0.05, 0.1) is 20.6 Å². The first kappa shape index (κ1) is 29.4. The Kier molecular flexibility index (Phi) is 8.95. The van der Waals surface area contributed by atoms with Crippen molar-refractivity contribution in [3.63, 3.8) is 0 Å². The third-order valence-corrected chi connectivity index (χ3v) is 6.77. The lowest BCUT2D eigenvalue weighted by molar-refractivity contribution is -0.143. The van der Waals surface area contributed by atoms with Gasteiger partial charge in [0.2, 0.25) is 5.95 Å². The predicted molar refractivity (Wildman–Crippen MR) is 141 cm³/mol. The van der Waals surface area contributed by atoms with E-state index in [-0.39, 0.29) is 30.7 Å². The molecule has 4 rings (SSSR count). The topological polar surface area (TPSA) is 45.2 Å². The van der Waals surface area contributed by atoms with E-state index in [0.29, 0.717) is 38.9 Å². The van der Waals surface area contributed by atoms with Gasteiger partial charge in [-0.25, -0.2) is 15.0 Å². The summed E-state index contributed by atoms with van der Waals surface area (Å²) in [4.78, 5) is 16.7. The Labute approximate surface area is 235 Å². The minimum absolute atomic E-state index is 0.0486. The van der Waals surface area contributed by atoms with Crippen LogP contribution in [0.25, 0.3) is 0 Å². The van der Waals surface area contributed by atoms with Crippen molar-refractivity contribution in [3.05, 3.63) is 74.6 Å². The predicted octanol–water partition coefficient (Wildman–Crippen LogP) is 8.16. The molecule has 0 bridgehead atoms. The largest absolute Gasteiger partial charge is 0.416 e. The average molecular weight is 637 g/mol. The van der Waals surface area contributed by atoms with E-state index in [1.165, 1.54) is 23.5 Å². The molecule has 0 radical (unpaired) electrons. The zero-order valence-electron chi connectivity index (χ0n) is 20.8. The Hall–Kier alpha value is -2.60. The van der Waals surface area contributed by atoms with Gasteiger partial charge < -0.3 is 9.80 Å². The van der Waals surface area contributed by atoms with E-state index in [0.717, 1.165) is 32.4 Å². The molecule has 210 valence electrons. The highest BCUT2D eigenvalue weighted by atomic mass is 79.9. The van der Waals surface area contributed by atoms with Gasteiger partial charge in [0, 0.05) is 50.3 Å². The molecule has 2 heterocycles. The molecular formula is C26H25BrClF6N5. The standard InChI is InChI=1S/C26H25BrClF6N5/c1-2-5-38(13-16-3-4-16)23-18(8-22(28)12-35-23)15-39(24-36-10-21(27)11-37-24)14-17-6-19(25(29,30)31)9-20(7-17)26(32,33)34/h6-12,16H,2-5,13-15H2,1H3. The quantitative estimate of drug-likeness (QED) is 0.210. The van der Waals surface area contributed by atoms with E-state index in [9.17, 15) is 26.3 Å². The molecule has 1 aliphatic carbocycles. The highest BCUT2D eigenvalue weighted by Crippen LogP contribution is 2.37. The zero-order valence-corrected chi connectivity index (χ0v) is 23.2. The van der Waals surface area contributed by atoms with Gasteiger partial charge in [0.25, 0.3) is 0 Å². The van der Waals surface area contributed by atoms with E-state index in [1.807, 2.05) is 6.92 Å². The van der Waals surface area contributed by atoms with Gasteiger partial charge in [-0.2, -0.15) is 26.3 Å². The fourth-order valence-corrected chi connectivity index (χ4v) is 4.63. The van der Waals surface area contributed by atoms with Crippen LogP contribution in [-0.4, -0.2) is 28.0 Å². The molecule has 0 saturated heterocycles. The van der Waals surface area contributed by atoms with Crippen LogP contribution in [0.4, 0.5) is 38.1 Å². The Morgan fingerprint density at radius 1 is 0.872 bits per heavy atom. The lowest BCUT2D eigenvalue weighted by atomic mass is 10.0. The fraction of sp³-hybridized carbons (Fsp3) is 0.423. The van der Waals surface area contributed by atoms with Crippen LogP contribution in [0.2, 0.25) is 5.02 Å². The molecule has 1 fully saturated rings. The molecule has 0 atom stereocenters. The second kappa shape index (κ2) is 11.9. The third-order valence-electron chi connectivity index (χ3n) is 6.15. The molecule has 13 heteroatoms. The number of pyridine rings is 1. The van der Waals surface area contributed by atoms with Crippen molar-refractivity contribution in [2.45, 2.75) is 51.6 Å². The van der Waals surface area contributed by atoms with Crippen LogP contribution in [0.5, 0.6) is 0 Å². The highest BCUT2D eigenvalue weighted by Gasteiger charge is 2.37. The zero-order chi connectivity index (χ0) is 28.4. The molecule has 1 saturated carbocycles. The van der Waals surface area contributed by atoms with Crippen LogP contribution in [0, 0.1) is 5.92 Å². The summed E-state index contributed by atoms with van der Waals surface area (Å²) >= 11 is 9.53. The van der Waals surface area contributed by atoms with Crippen LogP contribution in [0.15, 0.2) is 47.3 Å². The van der Waals surface area contributed by atoms with Crippen molar-refractivity contribution in [1.29, 1.82) is 0 Å². The summed E-state index contributed by atoms with van der Waals surface area (Å²) in [7, 11) is 0. The van der Waals surface area contributed by atoms with Gasteiger partial charge in [0.1, 0.15) is 5.82 Å². The number of benzene rings is 1. The summed E-state index contributed by atoms with van der Waals surface area (Å²) in [5.74, 6) is 1.34. The van der Waals surface area contributed by atoms with E-state index >= 15 is 0 Å². The van der Waals surface area contributed by atoms with Crippen LogP contribution in [0.3, 0.4) is 0 Å². The summed E-state index contributed by atoms with van der Waals surface area (Å²) in [6.45, 7) is 3.30. The van der Waals surface area contributed by atoms with Crippen LogP contribution < -0.4 is 9.80 Å². The molecule has 1 aliphatic rings. The number of anilines is 2. The summed E-state index contributed by atoms with van der Waals surface area (Å²) in [5, 5.41) is 0.353. The van der Waals surface area contributed by atoms with E-state index < -0.39 is 23.5 Å². The lowest BCUT2D eigenvalue weighted by Crippen LogP contribution is -2.31. The van der Waals surface area contributed by atoms with Gasteiger partial charge in [-0.3, -0.25) is 0 Å². The first-order valence-electron chi connectivity index (χ1n) is 12.2. The van der Waals surface area contributed by atoms with Crippen LogP contribution in [0.1, 0.15) is 48.4 Å². The molecule has 0 N–H and O–H groups in total. The molecule has 2 aromatic heterocycles. The van der Waals surface area contributed by atoms with Crippen molar-refractivity contribution in [3.8, 4) is 0 Å². The maximum Gasteiger partial charge on any atom is 0.416 e. The molecule has 0 unspecified atom stereocenters. The van der Waals surface area contributed by atoms with E-state index in [1.54, 1.807) is 6.07 Å². The number of nitrogens with zero attached hydrogens (tertiary/aromatic N) is 5. The number of hydrogen-bond donors (Lipinski definition) is 0. The summed E-state index contributed by atoms with van der Waals surface area (Å²) in [6, 6.07) is 3.26. The number of rotatable bonds is 10. The van der Waals surface area contributed by atoms with E-state index in [2.05, 4.69) is 35.8 Å². The van der Waals surface area contributed by atoms with E-state index in [4.69, 9.17) is 11.6 Å². The lowest BCUT2D eigenvalue weighted by Gasteiger charge is -2.29. The molecule has 39 heavy (non-hydrogen) atoms. The highest BCUT2D eigenvalue weighted by molar-refractivity contribution is 9.10. The van der Waals surface area contributed by atoms with Crippen molar-refractivity contribution in [2.24, 2.45) is 5.92 Å². The number of halogens is 8. The van der Waals surface area contributed by atoms with Crippen LogP contribution >= 0.6 is 27.5 Å². The van der Waals surface area contributed by atoms with Gasteiger partial charge >= 0.3 is 12.4 Å². The monoisotopic (exact) mass is 635 g/mol. The number of alkyl halides is 6. The molecule has 1 aromatic carbocycles. The molecular weight excluding hydrogens is 612 g/mol. The first-order valence-corrected chi connectivity index (χ1v) is 13.4. The first-order chi connectivity index (χ1) is 18.3. The van der Waals surface area contributed by atoms with Crippen molar-refractivity contribution >= 4 is 39.3 Å². The fourth-order valence-electron chi connectivity index (χ4n) is 4.24. The summed E-state index contributed by atoms with van der Waals surface area (Å²) in [5.41, 5.74) is -2.30. The van der Waals surface area contributed by atoms with Gasteiger partial charge in [-0.05, 0) is 70.9 Å². The summed E-state index contributed by atoms with van der Waals surface area (Å²) < 4.78 is 81.7. The molecule has 0 amide bonds. The molecule has 5 nitrogen and oxygen atoms in total. The van der Waals surface area contributed by atoms with Gasteiger partial charge in [-0.15, -0.1) is 0 Å². The minimum atomic E-state index is -4.96. The van der Waals surface area contributed by atoms with Crippen molar-refractivity contribution < 1.29 is 26.3 Å². The van der Waals surface area contributed by atoms with Crippen LogP contribution in [-0.2, 0) is 25.4 Å². The maximum absolute atomic E-state index is 13.5. The Bertz CT molecular complexity index is 1250.